The summed E-state index contributed by atoms with van der Waals surface area (Å²) in [6.45, 7) is 0. The fraction of sp³-hybridized carbons (Fsp3) is 0. The second kappa shape index (κ2) is 3.20. The van der Waals surface area contributed by atoms with Crippen molar-refractivity contribution >= 4 is 5.52 Å². The predicted octanol–water partition coefficient (Wildman–Crippen LogP) is 2.40. The first kappa shape index (κ1) is 8.17. The van der Waals surface area contributed by atoms with Gasteiger partial charge in [0.1, 0.15) is 5.69 Å². The fourth-order valence-electron chi connectivity index (χ4n) is 1.63. The highest BCUT2D eigenvalue weighted by Gasteiger charge is 2.05. The Morgan fingerprint density at radius 2 is 1.87 bits per heavy atom. The van der Waals surface area contributed by atoms with E-state index in [1.807, 2.05) is 53.2 Å². The highest BCUT2D eigenvalue weighted by atomic mass is 15.0. The zero-order chi connectivity index (χ0) is 10.1. The third kappa shape index (κ3) is 1.29. The van der Waals surface area contributed by atoms with Crippen LogP contribution in [0.1, 0.15) is 0 Å². The minimum absolute atomic E-state index is 0.881. The fourth-order valence-corrected chi connectivity index (χ4v) is 1.63. The van der Waals surface area contributed by atoms with Crippen molar-refractivity contribution in [1.82, 2.24) is 14.4 Å². The van der Waals surface area contributed by atoms with Crippen LogP contribution in [0.5, 0.6) is 0 Å². The molecule has 3 aromatic rings. The van der Waals surface area contributed by atoms with Gasteiger partial charge in [0, 0.05) is 12.4 Å². The van der Waals surface area contributed by atoms with E-state index in [1.165, 1.54) is 0 Å². The summed E-state index contributed by atoms with van der Waals surface area (Å²) in [6, 6.07) is 11.8. The number of hydrogen-bond acceptors (Lipinski definition) is 2. The molecule has 0 bridgehead atoms. The molecule has 0 aromatic carbocycles. The van der Waals surface area contributed by atoms with E-state index in [0.717, 1.165) is 17.0 Å². The lowest BCUT2D eigenvalue weighted by molar-refractivity contribution is 1.13. The SMILES string of the molecule is c1ccc(-c2ncc3ccccn23)nc1. The highest BCUT2D eigenvalue weighted by molar-refractivity contribution is 5.58. The minimum Gasteiger partial charge on any atom is -0.298 e. The Balaban J connectivity index is 2.28. The quantitative estimate of drug-likeness (QED) is 0.596. The maximum Gasteiger partial charge on any atom is 0.163 e. The molecule has 0 saturated carbocycles. The molecule has 3 heterocycles. The molecule has 0 spiro atoms. The van der Waals surface area contributed by atoms with Gasteiger partial charge in [-0.25, -0.2) is 4.98 Å². The molecule has 0 fully saturated rings. The summed E-state index contributed by atoms with van der Waals surface area (Å²) >= 11 is 0. The topological polar surface area (TPSA) is 30.2 Å². The van der Waals surface area contributed by atoms with Gasteiger partial charge in [0.2, 0.25) is 0 Å². The molecule has 3 aromatic heterocycles. The van der Waals surface area contributed by atoms with Crippen molar-refractivity contribution in [2.75, 3.05) is 0 Å². The number of fused-ring (bicyclic) bond motifs is 1. The first-order chi connectivity index (χ1) is 7.45. The second-order valence-electron chi connectivity index (χ2n) is 3.29. The summed E-state index contributed by atoms with van der Waals surface area (Å²) in [6.07, 6.45) is 5.62. The molecule has 0 aliphatic carbocycles. The van der Waals surface area contributed by atoms with Crippen molar-refractivity contribution in [2.45, 2.75) is 0 Å². The van der Waals surface area contributed by atoms with E-state index in [1.54, 1.807) is 6.20 Å². The van der Waals surface area contributed by atoms with Gasteiger partial charge < -0.3 is 0 Å². The predicted molar refractivity (Wildman–Crippen MR) is 58.4 cm³/mol. The van der Waals surface area contributed by atoms with Crippen LogP contribution in [0.3, 0.4) is 0 Å². The smallest absolute Gasteiger partial charge is 0.163 e. The summed E-state index contributed by atoms with van der Waals surface area (Å²) in [5.41, 5.74) is 1.97. The first-order valence-electron chi connectivity index (χ1n) is 4.79. The van der Waals surface area contributed by atoms with Crippen LogP contribution < -0.4 is 0 Å². The summed E-state index contributed by atoms with van der Waals surface area (Å²) in [7, 11) is 0. The molecule has 0 amide bonds. The largest absolute Gasteiger partial charge is 0.298 e. The maximum atomic E-state index is 4.37. The zero-order valence-electron chi connectivity index (χ0n) is 8.04. The average molecular weight is 195 g/mol. The molecule has 3 heteroatoms. The summed E-state index contributed by atoms with van der Waals surface area (Å²) in [5.74, 6) is 0.881. The van der Waals surface area contributed by atoms with Crippen molar-refractivity contribution in [3.8, 4) is 11.5 Å². The molecule has 0 saturated heterocycles. The molecule has 0 N–H and O–H groups in total. The third-order valence-corrected chi connectivity index (χ3v) is 2.33. The van der Waals surface area contributed by atoms with Crippen LogP contribution in [-0.4, -0.2) is 14.4 Å². The zero-order valence-corrected chi connectivity index (χ0v) is 8.04. The van der Waals surface area contributed by atoms with Crippen LogP contribution in [-0.2, 0) is 0 Å². The number of hydrogen-bond donors (Lipinski definition) is 0. The lowest BCUT2D eigenvalue weighted by atomic mass is 10.3. The number of rotatable bonds is 1. The summed E-state index contributed by atoms with van der Waals surface area (Å²) < 4.78 is 2.03. The molecule has 3 nitrogen and oxygen atoms in total. The minimum atomic E-state index is 0.881. The summed E-state index contributed by atoms with van der Waals surface area (Å²) in [5, 5.41) is 0. The standard InChI is InChI=1S/C12H9N3/c1-3-7-13-11(6-1)12-14-9-10-5-2-4-8-15(10)12/h1-9H. The van der Waals surface area contributed by atoms with Crippen LogP contribution in [0.2, 0.25) is 0 Å². The van der Waals surface area contributed by atoms with E-state index < -0.39 is 0 Å². The van der Waals surface area contributed by atoms with E-state index in [4.69, 9.17) is 0 Å². The van der Waals surface area contributed by atoms with Crippen molar-refractivity contribution in [3.63, 3.8) is 0 Å². The van der Waals surface area contributed by atoms with Gasteiger partial charge in [0.15, 0.2) is 5.82 Å². The maximum absolute atomic E-state index is 4.37. The molecule has 72 valence electrons. The van der Waals surface area contributed by atoms with Gasteiger partial charge in [-0.2, -0.15) is 0 Å². The van der Waals surface area contributed by atoms with Gasteiger partial charge in [-0.3, -0.25) is 9.38 Å². The van der Waals surface area contributed by atoms with Gasteiger partial charge in [-0.05, 0) is 24.3 Å². The van der Waals surface area contributed by atoms with Crippen LogP contribution in [0, 0.1) is 0 Å². The van der Waals surface area contributed by atoms with Crippen LogP contribution in [0.15, 0.2) is 55.0 Å². The molecule has 15 heavy (non-hydrogen) atoms. The van der Waals surface area contributed by atoms with E-state index in [2.05, 4.69) is 9.97 Å². The Morgan fingerprint density at radius 3 is 2.73 bits per heavy atom. The summed E-state index contributed by atoms with van der Waals surface area (Å²) in [4.78, 5) is 8.65. The molecular weight excluding hydrogens is 186 g/mol. The molecule has 0 atom stereocenters. The molecule has 0 aliphatic heterocycles. The Hall–Kier alpha value is -2.16. The monoisotopic (exact) mass is 195 g/mol. The van der Waals surface area contributed by atoms with E-state index in [9.17, 15) is 0 Å². The molecular formula is C12H9N3. The van der Waals surface area contributed by atoms with Crippen LogP contribution >= 0.6 is 0 Å². The number of pyridine rings is 2. The first-order valence-corrected chi connectivity index (χ1v) is 4.79. The molecule has 3 rings (SSSR count). The van der Waals surface area contributed by atoms with E-state index in [-0.39, 0.29) is 0 Å². The Kier molecular flexibility index (Phi) is 1.75. The molecule has 0 unspecified atom stereocenters. The van der Waals surface area contributed by atoms with Crippen molar-refractivity contribution < 1.29 is 0 Å². The normalized spacial score (nSPS) is 10.7. The second-order valence-corrected chi connectivity index (χ2v) is 3.29. The molecule has 0 aliphatic rings. The number of aromatic nitrogens is 3. The van der Waals surface area contributed by atoms with Gasteiger partial charge in [0.05, 0.1) is 11.7 Å². The van der Waals surface area contributed by atoms with Crippen LogP contribution in [0.4, 0.5) is 0 Å². The van der Waals surface area contributed by atoms with Gasteiger partial charge >= 0.3 is 0 Å². The van der Waals surface area contributed by atoms with Gasteiger partial charge in [0.25, 0.3) is 0 Å². The Bertz CT molecular complexity index is 584. The van der Waals surface area contributed by atoms with Gasteiger partial charge in [-0.15, -0.1) is 0 Å². The third-order valence-electron chi connectivity index (χ3n) is 2.33. The highest BCUT2D eigenvalue weighted by Crippen LogP contribution is 2.16. The van der Waals surface area contributed by atoms with Gasteiger partial charge in [-0.1, -0.05) is 12.1 Å². The van der Waals surface area contributed by atoms with Crippen molar-refractivity contribution in [2.24, 2.45) is 0 Å². The average Bonchev–Trinajstić information content (AvgIpc) is 2.74. The Labute approximate surface area is 87.0 Å². The van der Waals surface area contributed by atoms with Crippen molar-refractivity contribution in [1.29, 1.82) is 0 Å². The number of nitrogens with zero attached hydrogens (tertiary/aromatic N) is 3. The van der Waals surface area contributed by atoms with E-state index in [0.29, 0.717) is 0 Å². The number of imidazole rings is 1. The lowest BCUT2D eigenvalue weighted by Gasteiger charge is -1.99. The molecule has 0 radical (unpaired) electrons. The van der Waals surface area contributed by atoms with Crippen LogP contribution in [0.25, 0.3) is 17.0 Å². The lowest BCUT2D eigenvalue weighted by Crippen LogP contribution is -1.90. The van der Waals surface area contributed by atoms with E-state index >= 15 is 0 Å². The Morgan fingerprint density at radius 1 is 0.933 bits per heavy atom. The van der Waals surface area contributed by atoms with Crippen molar-refractivity contribution in [3.05, 3.63) is 55.0 Å².